The van der Waals surface area contributed by atoms with Gasteiger partial charge in [0.2, 0.25) is 5.51 Å². The third-order valence-corrected chi connectivity index (χ3v) is 5.23. The normalized spacial score (nSPS) is 9.93. The Balaban J connectivity index is 0.00000196. The lowest BCUT2D eigenvalue weighted by atomic mass is 10.2. The number of nitrogen functional groups attached to an aromatic ring is 1. The van der Waals surface area contributed by atoms with Crippen LogP contribution in [0.15, 0.2) is 42.0 Å². The van der Waals surface area contributed by atoms with E-state index in [2.05, 4.69) is 21.5 Å². The van der Waals surface area contributed by atoms with Gasteiger partial charge in [0, 0.05) is 19.5 Å². The maximum Gasteiger partial charge on any atom is 0.338 e. The van der Waals surface area contributed by atoms with Crippen LogP contribution >= 0.6 is 23.7 Å². The third-order valence-electron chi connectivity index (χ3n) is 4.09. The minimum absolute atomic E-state index is 0. The van der Waals surface area contributed by atoms with Crippen molar-refractivity contribution >= 4 is 35.5 Å². The fourth-order valence-electron chi connectivity index (χ4n) is 2.56. The van der Waals surface area contributed by atoms with Gasteiger partial charge in [-0.2, -0.15) is 4.57 Å². The first-order chi connectivity index (χ1) is 12.5. The van der Waals surface area contributed by atoms with Gasteiger partial charge in [-0.25, -0.2) is 14.8 Å². The molecule has 0 saturated heterocycles. The standard InChI is InChI=1S/C19H21N4O2S.2ClH/c1-13-17(8-9-25-19(24)15-6-4-3-5-7-15)26-12-23(13)11-16-10-21-14(2)22-18(16)20;;/h3-7,10,12H,8-9,11H2,1-2H3,(H2,20,21,22);2*1H/q+1;;/p-1. The fourth-order valence-corrected chi connectivity index (χ4v) is 3.54. The minimum Gasteiger partial charge on any atom is -1.00 e. The molecule has 2 N–H and O–H groups in total. The molecule has 28 heavy (non-hydrogen) atoms. The van der Waals surface area contributed by atoms with Crippen molar-refractivity contribution in [2.24, 2.45) is 0 Å². The van der Waals surface area contributed by atoms with Crippen molar-refractivity contribution in [2.45, 2.75) is 26.8 Å². The number of rotatable bonds is 6. The Morgan fingerprint density at radius 2 is 1.96 bits per heavy atom. The molecule has 0 amide bonds. The summed E-state index contributed by atoms with van der Waals surface area (Å²) in [5, 5.41) is 0. The van der Waals surface area contributed by atoms with Gasteiger partial charge in [0.1, 0.15) is 11.6 Å². The molecule has 3 aromatic rings. The van der Waals surface area contributed by atoms with Crippen LogP contribution in [-0.4, -0.2) is 22.5 Å². The summed E-state index contributed by atoms with van der Waals surface area (Å²) in [5.74, 6) is 0.880. The first kappa shape index (κ1) is 23.8. The highest BCUT2D eigenvalue weighted by molar-refractivity contribution is 7.09. The average Bonchev–Trinajstić information content (AvgIpc) is 2.98. The lowest BCUT2D eigenvalue weighted by molar-refractivity contribution is -0.689. The van der Waals surface area contributed by atoms with Crippen LogP contribution in [0, 0.1) is 13.8 Å². The zero-order chi connectivity index (χ0) is 18.5. The van der Waals surface area contributed by atoms with Crippen molar-refractivity contribution < 1.29 is 26.5 Å². The van der Waals surface area contributed by atoms with E-state index >= 15 is 0 Å². The highest BCUT2D eigenvalue weighted by atomic mass is 35.5. The number of aryl methyl sites for hydroxylation is 1. The number of anilines is 1. The molecule has 0 spiro atoms. The molecule has 6 nitrogen and oxygen atoms in total. The molecule has 3 rings (SSSR count). The molecule has 2 heterocycles. The maximum absolute atomic E-state index is 12.0. The van der Waals surface area contributed by atoms with Crippen LogP contribution in [0.5, 0.6) is 0 Å². The van der Waals surface area contributed by atoms with Gasteiger partial charge >= 0.3 is 5.97 Å². The van der Waals surface area contributed by atoms with E-state index in [9.17, 15) is 4.79 Å². The molecular weight excluding hydrogens is 419 g/mol. The number of carbonyl (C=O) groups is 1. The van der Waals surface area contributed by atoms with Crippen molar-refractivity contribution in [3.8, 4) is 0 Å². The zero-order valence-corrected chi connectivity index (χ0v) is 18.0. The van der Waals surface area contributed by atoms with Gasteiger partial charge in [-0.15, -0.1) is 12.4 Å². The van der Waals surface area contributed by atoms with Crippen molar-refractivity contribution in [1.29, 1.82) is 0 Å². The van der Waals surface area contributed by atoms with Gasteiger partial charge in [0.15, 0.2) is 12.2 Å². The number of carbonyl (C=O) groups excluding carboxylic acids is 1. The largest absolute Gasteiger partial charge is 1.00 e. The van der Waals surface area contributed by atoms with Crippen molar-refractivity contribution in [1.82, 2.24) is 9.97 Å². The summed E-state index contributed by atoms with van der Waals surface area (Å²) in [6.07, 6.45) is 2.45. The highest BCUT2D eigenvalue weighted by Gasteiger charge is 2.18. The number of aromatic nitrogens is 3. The molecule has 0 aliphatic carbocycles. The number of hydrogen-bond acceptors (Lipinski definition) is 6. The van der Waals surface area contributed by atoms with Crippen LogP contribution in [0.3, 0.4) is 0 Å². The summed E-state index contributed by atoms with van der Waals surface area (Å²) < 4.78 is 7.48. The molecule has 0 radical (unpaired) electrons. The average molecular weight is 441 g/mol. The smallest absolute Gasteiger partial charge is 0.338 e. The van der Waals surface area contributed by atoms with Crippen molar-refractivity contribution in [3.05, 3.63) is 69.6 Å². The topological polar surface area (TPSA) is 82.0 Å². The van der Waals surface area contributed by atoms with Crippen LogP contribution in [0.25, 0.3) is 0 Å². The minimum atomic E-state index is -0.294. The van der Waals surface area contributed by atoms with Gasteiger partial charge in [-0.1, -0.05) is 29.5 Å². The molecular formula is C19H22Cl2N4O2S. The number of hydrogen-bond donors (Lipinski definition) is 1. The van der Waals surface area contributed by atoms with E-state index in [1.54, 1.807) is 29.7 Å². The Morgan fingerprint density at radius 1 is 1.25 bits per heavy atom. The molecule has 0 fully saturated rings. The molecule has 150 valence electrons. The first-order valence-electron chi connectivity index (χ1n) is 8.31. The van der Waals surface area contributed by atoms with Crippen molar-refractivity contribution in [2.75, 3.05) is 12.3 Å². The molecule has 2 aromatic heterocycles. The molecule has 0 atom stereocenters. The number of nitrogens with two attached hydrogens (primary N) is 1. The number of esters is 1. The predicted octanol–water partition coefficient (Wildman–Crippen LogP) is -0.102. The maximum atomic E-state index is 12.0. The van der Waals surface area contributed by atoms with Gasteiger partial charge < -0.3 is 22.9 Å². The number of halogens is 2. The number of nitrogens with zero attached hydrogens (tertiary/aromatic N) is 3. The Morgan fingerprint density at radius 3 is 2.64 bits per heavy atom. The first-order valence-corrected chi connectivity index (χ1v) is 9.19. The highest BCUT2D eigenvalue weighted by Crippen LogP contribution is 2.14. The Kier molecular flexibility index (Phi) is 9.31. The summed E-state index contributed by atoms with van der Waals surface area (Å²) in [4.78, 5) is 21.6. The molecule has 1 aromatic carbocycles. The Bertz CT molecular complexity index is 920. The summed E-state index contributed by atoms with van der Waals surface area (Å²) in [6.45, 7) is 4.84. The van der Waals surface area contributed by atoms with E-state index in [1.807, 2.05) is 30.6 Å². The fraction of sp³-hybridized carbons (Fsp3) is 0.263. The second-order valence-corrected chi connectivity index (χ2v) is 6.88. The molecule has 0 aliphatic heterocycles. The predicted molar refractivity (Wildman–Crippen MR) is 107 cm³/mol. The number of thiazole rings is 1. The van der Waals surface area contributed by atoms with E-state index in [0.29, 0.717) is 36.8 Å². The molecule has 0 unspecified atom stereocenters. The molecule has 9 heteroatoms. The van der Waals surface area contributed by atoms with E-state index in [1.165, 1.54) is 4.88 Å². The van der Waals surface area contributed by atoms with Crippen molar-refractivity contribution in [3.63, 3.8) is 0 Å². The quantitative estimate of drug-likeness (QED) is 0.427. The lowest BCUT2D eigenvalue weighted by Gasteiger charge is -2.04. The second kappa shape index (κ2) is 10.9. The summed E-state index contributed by atoms with van der Waals surface area (Å²) in [7, 11) is 0. The van der Waals surface area contributed by atoms with Crippen LogP contribution in [0.4, 0.5) is 5.82 Å². The zero-order valence-electron chi connectivity index (χ0n) is 15.6. The molecule has 0 aliphatic rings. The van der Waals surface area contributed by atoms with Crippen LogP contribution in [0.2, 0.25) is 0 Å². The van der Waals surface area contributed by atoms with Gasteiger partial charge in [-0.05, 0) is 19.1 Å². The van der Waals surface area contributed by atoms with E-state index in [-0.39, 0.29) is 30.8 Å². The Labute approximate surface area is 180 Å². The number of benzene rings is 1. The van der Waals surface area contributed by atoms with E-state index in [4.69, 9.17) is 10.5 Å². The molecule has 0 saturated carbocycles. The number of ether oxygens (including phenoxy) is 1. The van der Waals surface area contributed by atoms with Crippen LogP contribution < -0.4 is 22.7 Å². The summed E-state index contributed by atoms with van der Waals surface area (Å²) in [6, 6.07) is 9.02. The molecule has 0 bridgehead atoms. The van der Waals surface area contributed by atoms with Gasteiger partial charge in [0.25, 0.3) is 0 Å². The monoisotopic (exact) mass is 440 g/mol. The SMILES string of the molecule is Cc1ncc(C[n+]2csc(CCOC(=O)c3ccccc3)c2C)c(N)n1.Cl.[Cl-]. The Hall–Kier alpha value is -2.22. The van der Waals surface area contributed by atoms with Gasteiger partial charge in [0.05, 0.1) is 22.6 Å². The third kappa shape index (κ3) is 5.89. The van der Waals surface area contributed by atoms with Gasteiger partial charge in [-0.3, -0.25) is 0 Å². The van der Waals surface area contributed by atoms with Crippen LogP contribution in [0.1, 0.15) is 32.3 Å². The van der Waals surface area contributed by atoms with Crippen LogP contribution in [-0.2, 0) is 17.7 Å². The summed E-state index contributed by atoms with van der Waals surface area (Å²) >= 11 is 1.64. The van der Waals surface area contributed by atoms with E-state index in [0.717, 1.165) is 11.3 Å². The summed E-state index contributed by atoms with van der Waals surface area (Å²) in [5.41, 5.74) is 10.6. The van der Waals surface area contributed by atoms with E-state index < -0.39 is 0 Å². The lowest BCUT2D eigenvalue weighted by Crippen LogP contribution is -3.00. The second-order valence-electron chi connectivity index (χ2n) is 5.94.